The van der Waals surface area contributed by atoms with Gasteiger partial charge in [-0.2, -0.15) is 5.12 Å². The van der Waals surface area contributed by atoms with Crippen LogP contribution in [0.5, 0.6) is 11.5 Å². The molecule has 6 nitrogen and oxygen atoms in total. The van der Waals surface area contributed by atoms with E-state index in [9.17, 15) is 4.79 Å². The van der Waals surface area contributed by atoms with Gasteiger partial charge in [0.1, 0.15) is 11.5 Å². The second kappa shape index (κ2) is 7.70. The summed E-state index contributed by atoms with van der Waals surface area (Å²) in [5.74, 6) is 10.9. The second-order valence-corrected chi connectivity index (χ2v) is 3.47. The van der Waals surface area contributed by atoms with Gasteiger partial charge in [-0.3, -0.25) is 0 Å². The van der Waals surface area contributed by atoms with E-state index < -0.39 is 6.03 Å². The number of benzene rings is 2. The van der Waals surface area contributed by atoms with Crippen molar-refractivity contribution in [2.45, 2.75) is 0 Å². The van der Waals surface area contributed by atoms with Crippen molar-refractivity contribution in [3.05, 3.63) is 60.7 Å². The van der Waals surface area contributed by atoms with E-state index in [1.54, 1.807) is 0 Å². The van der Waals surface area contributed by atoms with Crippen LogP contribution in [-0.2, 0) is 0 Å². The molecule has 6 heteroatoms. The average molecular weight is 260 g/mol. The van der Waals surface area contributed by atoms with E-state index in [2.05, 4.69) is 17.4 Å². The van der Waals surface area contributed by atoms with Gasteiger partial charge >= 0.3 is 6.03 Å². The number of ether oxygens (including phenoxy) is 1. The lowest BCUT2D eigenvalue weighted by atomic mass is 10.3. The number of para-hydroxylation sites is 2. The van der Waals surface area contributed by atoms with Crippen LogP contribution in [0.25, 0.3) is 0 Å². The minimum atomic E-state index is -0.852. The van der Waals surface area contributed by atoms with Crippen LogP contribution in [0.2, 0.25) is 0 Å². The zero-order valence-corrected chi connectivity index (χ0v) is 10.3. The fourth-order valence-electron chi connectivity index (χ4n) is 1.11. The van der Waals surface area contributed by atoms with Gasteiger partial charge in [0.15, 0.2) is 0 Å². The molecule has 2 aromatic rings. The van der Waals surface area contributed by atoms with Crippen LogP contribution in [0.4, 0.5) is 4.79 Å². The molecule has 0 spiro atoms. The van der Waals surface area contributed by atoms with E-state index in [1.807, 2.05) is 60.7 Å². The second-order valence-electron chi connectivity index (χ2n) is 3.47. The average Bonchev–Trinajstić information content (AvgIpc) is 2.41. The number of carbonyl (C=O) groups excluding carboxylic acids is 1. The molecule has 2 rings (SSSR count). The van der Waals surface area contributed by atoms with Crippen LogP contribution in [0.1, 0.15) is 0 Å². The molecular formula is C13H16N4O2. The van der Waals surface area contributed by atoms with Crippen LogP contribution in [0, 0.1) is 0 Å². The summed E-state index contributed by atoms with van der Waals surface area (Å²) in [5.41, 5.74) is 4.47. The van der Waals surface area contributed by atoms with Gasteiger partial charge in [-0.15, -0.1) is 0 Å². The molecule has 0 atom stereocenters. The summed E-state index contributed by atoms with van der Waals surface area (Å²) in [6.45, 7) is 0. The van der Waals surface area contributed by atoms with E-state index >= 15 is 0 Å². The highest BCUT2D eigenvalue weighted by atomic mass is 16.5. The minimum Gasteiger partial charge on any atom is -0.457 e. The molecule has 2 aromatic carbocycles. The Bertz CT molecular complexity index is 451. The lowest BCUT2D eigenvalue weighted by Gasteiger charge is -2.03. The van der Waals surface area contributed by atoms with Crippen molar-refractivity contribution in [3.63, 3.8) is 0 Å². The van der Waals surface area contributed by atoms with Crippen LogP contribution in [0.15, 0.2) is 60.7 Å². The van der Waals surface area contributed by atoms with Crippen molar-refractivity contribution >= 4 is 6.03 Å². The summed E-state index contributed by atoms with van der Waals surface area (Å²) in [4.78, 5) is 9.60. The number of nitrogens with two attached hydrogens (primary N) is 3. The Kier molecular flexibility index (Phi) is 5.87. The maximum atomic E-state index is 9.60. The molecule has 0 aromatic heterocycles. The molecule has 0 saturated carbocycles. The third kappa shape index (κ3) is 6.06. The fraction of sp³-hybridized carbons (Fsp3) is 0. The maximum absolute atomic E-state index is 9.60. The van der Waals surface area contributed by atoms with E-state index in [1.165, 1.54) is 0 Å². The number of nitrogens with zero attached hydrogens (tertiary/aromatic N) is 1. The standard InChI is InChI=1S/C12H10O.CH6N4O/c1-3-7-11(8-4-1)13-12-9-5-2-6-10-12;2-1(6)5(3)4/h1-10H;3-4H2,(H2,2,6). The number of hydrogen-bond acceptors (Lipinski definition) is 4. The summed E-state index contributed by atoms with van der Waals surface area (Å²) in [6, 6.07) is 18.7. The maximum Gasteiger partial charge on any atom is 0.343 e. The predicted octanol–water partition coefficient (Wildman–Crippen LogP) is 1.59. The van der Waals surface area contributed by atoms with Crippen LogP contribution in [0.3, 0.4) is 0 Å². The molecule has 2 amide bonds. The molecule has 0 unspecified atom stereocenters. The number of hydrogen-bond donors (Lipinski definition) is 3. The number of urea groups is 1. The van der Waals surface area contributed by atoms with Crippen molar-refractivity contribution in [2.75, 3.05) is 0 Å². The van der Waals surface area contributed by atoms with E-state index in [4.69, 9.17) is 4.74 Å². The SMILES string of the molecule is NC(=O)N(N)N.c1ccc(Oc2ccccc2)cc1. The molecule has 0 fully saturated rings. The molecule has 19 heavy (non-hydrogen) atoms. The molecule has 6 N–H and O–H groups in total. The summed E-state index contributed by atoms with van der Waals surface area (Å²) >= 11 is 0. The summed E-state index contributed by atoms with van der Waals surface area (Å²) in [7, 11) is 0. The largest absolute Gasteiger partial charge is 0.457 e. The Morgan fingerprint density at radius 3 is 1.42 bits per heavy atom. The summed E-state index contributed by atoms with van der Waals surface area (Å²) in [5, 5.41) is 0.306. The Hall–Kier alpha value is -2.57. The van der Waals surface area contributed by atoms with Gasteiger partial charge in [-0.1, -0.05) is 36.4 Å². The van der Waals surface area contributed by atoms with Gasteiger partial charge in [0, 0.05) is 0 Å². The molecule has 0 radical (unpaired) electrons. The first-order chi connectivity index (χ1) is 9.09. The lowest BCUT2D eigenvalue weighted by molar-refractivity contribution is 0.210. The molecule has 0 heterocycles. The van der Waals surface area contributed by atoms with Gasteiger partial charge in [0.25, 0.3) is 0 Å². The fourth-order valence-corrected chi connectivity index (χ4v) is 1.11. The zero-order chi connectivity index (χ0) is 14.1. The first-order valence-electron chi connectivity index (χ1n) is 5.46. The van der Waals surface area contributed by atoms with E-state index in [0.29, 0.717) is 5.12 Å². The van der Waals surface area contributed by atoms with Crippen molar-refractivity contribution in [1.29, 1.82) is 0 Å². The quantitative estimate of drug-likeness (QED) is 0.433. The topological polar surface area (TPSA) is 108 Å². The monoisotopic (exact) mass is 260 g/mol. The van der Waals surface area contributed by atoms with E-state index in [0.717, 1.165) is 11.5 Å². The van der Waals surface area contributed by atoms with Crippen molar-refractivity contribution in [3.8, 4) is 11.5 Å². The smallest absolute Gasteiger partial charge is 0.343 e. The normalized spacial score (nSPS) is 8.95. The van der Waals surface area contributed by atoms with Crippen LogP contribution >= 0.6 is 0 Å². The van der Waals surface area contributed by atoms with Crippen molar-refractivity contribution in [1.82, 2.24) is 5.12 Å². The van der Waals surface area contributed by atoms with Crippen molar-refractivity contribution in [2.24, 2.45) is 17.4 Å². The molecule has 0 aliphatic carbocycles. The Labute approximate surface area is 111 Å². The van der Waals surface area contributed by atoms with Crippen LogP contribution < -0.4 is 22.2 Å². The summed E-state index contributed by atoms with van der Waals surface area (Å²) < 4.78 is 5.58. The first kappa shape index (κ1) is 14.5. The Balaban J connectivity index is 0.000000258. The summed E-state index contributed by atoms with van der Waals surface area (Å²) in [6.07, 6.45) is 0. The number of hydrazine groups is 2. The molecule has 100 valence electrons. The Morgan fingerprint density at radius 2 is 1.16 bits per heavy atom. The van der Waals surface area contributed by atoms with Gasteiger partial charge in [-0.25, -0.2) is 16.5 Å². The number of carbonyl (C=O) groups is 1. The third-order valence-corrected chi connectivity index (χ3v) is 1.98. The van der Waals surface area contributed by atoms with Gasteiger partial charge in [-0.05, 0) is 24.3 Å². The Morgan fingerprint density at radius 1 is 0.842 bits per heavy atom. The molecule has 0 aliphatic heterocycles. The zero-order valence-electron chi connectivity index (χ0n) is 10.3. The number of rotatable bonds is 2. The van der Waals surface area contributed by atoms with Gasteiger partial charge in [0.2, 0.25) is 0 Å². The molecule has 0 saturated heterocycles. The number of primary amides is 1. The van der Waals surface area contributed by atoms with Crippen LogP contribution in [-0.4, -0.2) is 11.1 Å². The van der Waals surface area contributed by atoms with Crippen molar-refractivity contribution < 1.29 is 9.53 Å². The lowest BCUT2D eigenvalue weighted by Crippen LogP contribution is -2.46. The third-order valence-electron chi connectivity index (χ3n) is 1.98. The highest BCUT2D eigenvalue weighted by Crippen LogP contribution is 2.19. The molecular weight excluding hydrogens is 244 g/mol. The van der Waals surface area contributed by atoms with Gasteiger partial charge in [0.05, 0.1) is 0 Å². The predicted molar refractivity (Wildman–Crippen MR) is 72.8 cm³/mol. The minimum absolute atomic E-state index is 0.306. The van der Waals surface area contributed by atoms with E-state index in [-0.39, 0.29) is 0 Å². The molecule has 0 bridgehead atoms. The number of amides is 2. The molecule has 0 aliphatic rings. The highest BCUT2D eigenvalue weighted by molar-refractivity contribution is 5.70. The first-order valence-corrected chi connectivity index (χ1v) is 5.46. The highest BCUT2D eigenvalue weighted by Gasteiger charge is 1.92. The van der Waals surface area contributed by atoms with Gasteiger partial charge < -0.3 is 10.5 Å².